The van der Waals surface area contributed by atoms with E-state index in [1.165, 1.54) is 10.0 Å². The number of aliphatic imine (C=N–C) groups is 1. The van der Waals surface area contributed by atoms with Crippen LogP contribution in [-0.4, -0.2) is 33.2 Å². The van der Waals surface area contributed by atoms with E-state index in [4.69, 9.17) is 9.73 Å². The van der Waals surface area contributed by atoms with Gasteiger partial charge in [0.15, 0.2) is 0 Å². The van der Waals surface area contributed by atoms with Gasteiger partial charge in [-0.2, -0.15) is 0 Å². The predicted molar refractivity (Wildman–Crippen MR) is 125 cm³/mol. The van der Waals surface area contributed by atoms with Gasteiger partial charge in [-0.3, -0.25) is 0 Å². The van der Waals surface area contributed by atoms with Crippen molar-refractivity contribution in [2.24, 2.45) is 4.99 Å². The quantitative estimate of drug-likeness (QED) is 0.259. The molecule has 2 atom stereocenters. The van der Waals surface area contributed by atoms with E-state index in [9.17, 15) is 4.79 Å². The van der Waals surface area contributed by atoms with Crippen molar-refractivity contribution < 1.29 is 9.53 Å². The summed E-state index contributed by atoms with van der Waals surface area (Å²) in [6.07, 6.45) is 0.759. The third-order valence-corrected chi connectivity index (χ3v) is 7.25. The molecule has 0 fully saturated rings. The van der Waals surface area contributed by atoms with Crippen LogP contribution in [0.25, 0.3) is 0 Å². The van der Waals surface area contributed by atoms with Gasteiger partial charge in [-0.15, -0.1) is 0 Å². The first-order valence-corrected chi connectivity index (χ1v) is 12.1. The Morgan fingerprint density at radius 1 is 0.900 bits per heavy atom. The fourth-order valence-electron chi connectivity index (χ4n) is 3.17. The molecule has 0 aliphatic rings. The van der Waals surface area contributed by atoms with Gasteiger partial charge in [0.05, 0.1) is 0 Å². The van der Waals surface area contributed by atoms with Gasteiger partial charge in [0, 0.05) is 0 Å². The summed E-state index contributed by atoms with van der Waals surface area (Å²) < 4.78 is 6.68. The monoisotopic (exact) mass is 465 g/mol. The maximum absolute atomic E-state index is 13.0. The fourth-order valence-corrected chi connectivity index (χ4v) is 5.66. The number of ether oxygens (including phenoxy) is 1. The number of nitrogens with zero attached hydrogens (tertiary/aromatic N) is 1. The summed E-state index contributed by atoms with van der Waals surface area (Å²) in [5.41, 5.74) is 2.83. The molecule has 4 heteroatoms. The van der Waals surface area contributed by atoms with E-state index in [1.807, 2.05) is 80.6 Å². The molecular formula is C26H27NO2Se. The number of rotatable bonds is 9. The number of esters is 1. The molecule has 0 aliphatic heterocycles. The number of carbonyl (C=O) groups is 1. The van der Waals surface area contributed by atoms with Crippen LogP contribution >= 0.6 is 0 Å². The Bertz CT molecular complexity index is 901. The Kier molecular flexibility index (Phi) is 8.43. The normalized spacial score (nSPS) is 13.5. The van der Waals surface area contributed by atoms with Crippen LogP contribution in [-0.2, 0) is 16.0 Å². The zero-order chi connectivity index (χ0) is 21.2. The molecule has 0 amide bonds. The van der Waals surface area contributed by atoms with Gasteiger partial charge in [0.2, 0.25) is 0 Å². The van der Waals surface area contributed by atoms with Crippen molar-refractivity contribution in [3.8, 4) is 0 Å². The molecule has 0 saturated heterocycles. The second-order valence-electron chi connectivity index (χ2n) is 6.93. The zero-order valence-electron chi connectivity index (χ0n) is 17.4. The van der Waals surface area contributed by atoms with E-state index in [1.54, 1.807) is 0 Å². The minimum atomic E-state index is -0.306. The van der Waals surface area contributed by atoms with E-state index in [-0.39, 0.29) is 31.8 Å². The van der Waals surface area contributed by atoms with Crippen LogP contribution in [0.1, 0.15) is 31.0 Å². The van der Waals surface area contributed by atoms with Crippen molar-refractivity contribution in [3.05, 3.63) is 102 Å². The van der Waals surface area contributed by atoms with Crippen LogP contribution in [0.5, 0.6) is 0 Å². The Morgan fingerprint density at radius 3 is 2.07 bits per heavy atom. The van der Waals surface area contributed by atoms with Gasteiger partial charge in [-0.05, 0) is 0 Å². The zero-order valence-corrected chi connectivity index (χ0v) is 19.1. The second-order valence-corrected chi connectivity index (χ2v) is 9.61. The van der Waals surface area contributed by atoms with Gasteiger partial charge in [0.25, 0.3) is 0 Å². The van der Waals surface area contributed by atoms with Crippen molar-refractivity contribution in [2.45, 2.75) is 31.1 Å². The molecular weight excluding hydrogens is 437 g/mol. The van der Waals surface area contributed by atoms with Crippen LogP contribution in [0, 0.1) is 0 Å². The number of carbonyl (C=O) groups excluding carboxylic acids is 1. The average molecular weight is 464 g/mol. The molecule has 0 radical (unpaired) electrons. The summed E-state index contributed by atoms with van der Waals surface area (Å²) in [5, 5.41) is 0. The summed E-state index contributed by atoms with van der Waals surface area (Å²) in [4.78, 5) is 17.9. The van der Waals surface area contributed by atoms with Gasteiger partial charge in [-0.1, -0.05) is 0 Å². The molecule has 1 unspecified atom stereocenters. The predicted octanol–water partition coefficient (Wildman–Crippen LogP) is 4.81. The number of hydrogen-bond donors (Lipinski definition) is 0. The second kappa shape index (κ2) is 11.5. The SMILES string of the molecule is CCOC(=O)C(=N[C@@H](C)c1ccccc1)C(Cc1ccccc1)[Se]c1ccccc1. The van der Waals surface area contributed by atoms with Crippen molar-refractivity contribution in [1.82, 2.24) is 0 Å². The topological polar surface area (TPSA) is 38.7 Å². The molecule has 3 rings (SSSR count). The molecule has 0 saturated carbocycles. The molecule has 3 nitrogen and oxygen atoms in total. The minimum absolute atomic E-state index is 0.00693. The molecule has 154 valence electrons. The molecule has 0 bridgehead atoms. The Hall–Kier alpha value is -2.68. The van der Waals surface area contributed by atoms with E-state index in [0.717, 1.165) is 12.0 Å². The molecule has 3 aromatic carbocycles. The average Bonchev–Trinajstić information content (AvgIpc) is 2.79. The molecule has 0 heterocycles. The third kappa shape index (κ3) is 6.41. The standard InChI is InChI=1S/C26H27NO2Se/c1-3-29-26(28)25(27-20(2)22-15-9-5-10-16-22)24(19-21-13-7-4-8-14-21)30-23-17-11-6-12-18-23/h4-18,20,24H,3,19H2,1-2H3/t20-,24?/m0/s1. The van der Waals surface area contributed by atoms with E-state index < -0.39 is 0 Å². The molecule has 0 spiro atoms. The van der Waals surface area contributed by atoms with Crippen LogP contribution in [0.3, 0.4) is 0 Å². The first-order valence-electron chi connectivity index (χ1n) is 10.2. The van der Waals surface area contributed by atoms with E-state index in [0.29, 0.717) is 12.3 Å². The van der Waals surface area contributed by atoms with Crippen LogP contribution in [0.15, 0.2) is 96.0 Å². The van der Waals surface area contributed by atoms with Gasteiger partial charge in [-0.25, -0.2) is 0 Å². The Morgan fingerprint density at radius 2 is 1.47 bits per heavy atom. The van der Waals surface area contributed by atoms with Gasteiger partial charge < -0.3 is 0 Å². The first-order chi connectivity index (χ1) is 14.7. The van der Waals surface area contributed by atoms with E-state index >= 15 is 0 Å². The van der Waals surface area contributed by atoms with Crippen molar-refractivity contribution in [2.75, 3.05) is 6.61 Å². The number of benzene rings is 3. The van der Waals surface area contributed by atoms with Crippen molar-refractivity contribution in [1.29, 1.82) is 0 Å². The number of hydrogen-bond acceptors (Lipinski definition) is 3. The first kappa shape index (κ1) is 22.0. The van der Waals surface area contributed by atoms with E-state index in [2.05, 4.69) is 24.3 Å². The molecule has 0 N–H and O–H groups in total. The summed E-state index contributed by atoms with van der Waals surface area (Å²) in [6, 6.07) is 30.6. The molecule has 30 heavy (non-hydrogen) atoms. The summed E-state index contributed by atoms with van der Waals surface area (Å²) in [5.74, 6) is -0.306. The van der Waals surface area contributed by atoms with Crippen molar-refractivity contribution in [3.63, 3.8) is 0 Å². The Balaban J connectivity index is 1.98. The van der Waals surface area contributed by atoms with Gasteiger partial charge in [0.1, 0.15) is 0 Å². The molecule has 0 aliphatic carbocycles. The Labute approximate surface area is 185 Å². The fraction of sp³-hybridized carbons (Fsp3) is 0.231. The van der Waals surface area contributed by atoms with Crippen LogP contribution < -0.4 is 4.46 Å². The maximum atomic E-state index is 13.0. The summed E-state index contributed by atoms with van der Waals surface area (Å²) in [6.45, 7) is 4.21. The summed E-state index contributed by atoms with van der Waals surface area (Å²) >= 11 is 0.0408. The molecule has 0 aromatic heterocycles. The molecule has 3 aromatic rings. The third-order valence-electron chi connectivity index (χ3n) is 4.69. The van der Waals surface area contributed by atoms with Crippen LogP contribution in [0.2, 0.25) is 4.82 Å². The van der Waals surface area contributed by atoms with Crippen molar-refractivity contribution >= 4 is 31.1 Å². The summed E-state index contributed by atoms with van der Waals surface area (Å²) in [7, 11) is 0. The van der Waals surface area contributed by atoms with Gasteiger partial charge >= 0.3 is 185 Å². The van der Waals surface area contributed by atoms with Crippen LogP contribution in [0.4, 0.5) is 0 Å².